The van der Waals surface area contributed by atoms with Gasteiger partial charge in [0.25, 0.3) is 0 Å². The van der Waals surface area contributed by atoms with E-state index in [1.54, 1.807) is 50.6 Å². The lowest BCUT2D eigenvalue weighted by Crippen LogP contribution is -2.55. The predicted molar refractivity (Wildman–Crippen MR) is 348 cm³/mol. The van der Waals surface area contributed by atoms with Crippen LogP contribution in [0.25, 0.3) is 0 Å². The van der Waals surface area contributed by atoms with Crippen molar-refractivity contribution in [2.45, 2.75) is 223 Å². The van der Waals surface area contributed by atoms with Gasteiger partial charge < -0.3 is 61.6 Å². The molecule has 22 heteroatoms. The summed E-state index contributed by atoms with van der Waals surface area (Å²) in [5, 5.41) is 16.2. The van der Waals surface area contributed by atoms with Crippen molar-refractivity contribution in [3.63, 3.8) is 0 Å². The third kappa shape index (κ3) is 30.7. The minimum Gasteiger partial charge on any atom is -0.444 e. The lowest BCUT2D eigenvalue weighted by atomic mass is 9.90. The number of urea groups is 1. The van der Waals surface area contributed by atoms with Crippen molar-refractivity contribution in [1.29, 1.82) is 0 Å². The first kappa shape index (κ1) is 81.6. The van der Waals surface area contributed by atoms with Crippen LogP contribution in [-0.2, 0) is 54.2 Å². The monoisotopic (exact) mass is 1240 g/mol. The highest BCUT2D eigenvalue weighted by Crippen LogP contribution is 2.30. The molecule has 1 saturated heterocycles. The first-order valence-corrected chi connectivity index (χ1v) is 32.0. The molecule has 22 nitrogen and oxygen atoms in total. The van der Waals surface area contributed by atoms with Gasteiger partial charge in [0, 0.05) is 40.1 Å². The van der Waals surface area contributed by atoms with Gasteiger partial charge in [-0.3, -0.25) is 38.5 Å². The molecular weight excluding hydrogens is 1120 g/mol. The highest BCUT2D eigenvalue weighted by molar-refractivity contribution is 5.91. The Morgan fingerprint density at radius 2 is 1.43 bits per heavy atom. The largest absolute Gasteiger partial charge is 0.444 e. The Morgan fingerprint density at radius 3 is 1.95 bits per heavy atom. The summed E-state index contributed by atoms with van der Waals surface area (Å²) in [6.45, 7) is 29.2. The molecule has 1 aliphatic carbocycles. The van der Waals surface area contributed by atoms with Crippen LogP contribution in [0.15, 0.2) is 54.3 Å². The van der Waals surface area contributed by atoms with Crippen LogP contribution in [-0.4, -0.2) is 177 Å². The second-order valence-electron chi connectivity index (χ2n) is 24.0. The summed E-state index contributed by atoms with van der Waals surface area (Å²) < 4.78 is 17.2. The van der Waals surface area contributed by atoms with E-state index in [1.165, 1.54) is 34.0 Å². The number of nitrogens with two attached hydrogens (primary N) is 1. The summed E-state index contributed by atoms with van der Waals surface area (Å²) >= 11 is 0. The number of nitrogens with zero attached hydrogens (tertiary/aromatic N) is 3. The zero-order chi connectivity index (χ0) is 67.3. The first-order valence-electron chi connectivity index (χ1n) is 32.0. The lowest BCUT2D eigenvalue weighted by Gasteiger charge is -2.39. The van der Waals surface area contributed by atoms with E-state index in [0.29, 0.717) is 63.7 Å². The number of methoxy groups -OCH3 is 2. The maximum Gasteiger partial charge on any atom is 0.408 e. The second kappa shape index (κ2) is 44.1. The average molecular weight is 1240 g/mol. The van der Waals surface area contributed by atoms with E-state index in [9.17, 15) is 43.2 Å². The molecule has 1 aromatic rings. The third-order valence-electron chi connectivity index (χ3n) is 14.9. The van der Waals surface area contributed by atoms with E-state index < -0.39 is 84.4 Å². The van der Waals surface area contributed by atoms with Crippen molar-refractivity contribution in [3.8, 4) is 0 Å². The van der Waals surface area contributed by atoms with Gasteiger partial charge in [0.2, 0.25) is 35.4 Å². The molecule has 8 N–H and O–H groups in total. The molecule has 1 fully saturated rings. The van der Waals surface area contributed by atoms with Crippen molar-refractivity contribution >= 4 is 53.4 Å². The van der Waals surface area contributed by atoms with Crippen molar-refractivity contribution in [2.75, 3.05) is 61.0 Å². The number of ketones is 1. The summed E-state index contributed by atoms with van der Waals surface area (Å²) in [6.07, 6.45) is 10.1. The first-order chi connectivity index (χ1) is 41.5. The average Bonchev–Trinajstić information content (AvgIpc) is 3.12. The van der Waals surface area contributed by atoms with E-state index >= 15 is 0 Å². The molecule has 0 saturated carbocycles. The van der Waals surface area contributed by atoms with Gasteiger partial charge in [-0.05, 0) is 116 Å². The van der Waals surface area contributed by atoms with Crippen molar-refractivity contribution in [1.82, 2.24) is 46.6 Å². The molecule has 1 heterocycles. The van der Waals surface area contributed by atoms with E-state index in [2.05, 4.69) is 59.6 Å². The molecule has 1 aliphatic heterocycles. The Bertz CT molecular complexity index is 2330. The molecular formula is C66H116N10O12. The van der Waals surface area contributed by atoms with Gasteiger partial charge in [-0.25, -0.2) is 9.59 Å². The Morgan fingerprint density at radius 1 is 0.807 bits per heavy atom. The summed E-state index contributed by atoms with van der Waals surface area (Å²) in [6, 6.07) is 5.55. The number of amides is 9. The van der Waals surface area contributed by atoms with Gasteiger partial charge in [-0.1, -0.05) is 138 Å². The fourth-order valence-corrected chi connectivity index (χ4v) is 10.4. The maximum atomic E-state index is 14.3. The van der Waals surface area contributed by atoms with E-state index in [-0.39, 0.29) is 73.1 Å². The van der Waals surface area contributed by atoms with Crippen LogP contribution in [0.3, 0.4) is 0 Å². The van der Waals surface area contributed by atoms with Crippen molar-refractivity contribution in [3.05, 3.63) is 59.8 Å². The molecule has 2 aliphatic rings. The van der Waals surface area contributed by atoms with E-state index in [4.69, 9.17) is 19.9 Å². The number of primary amides is 1. The van der Waals surface area contributed by atoms with Gasteiger partial charge in [0.05, 0.1) is 55.3 Å². The number of allylic oxidation sites excluding steroid dienone is 3. The van der Waals surface area contributed by atoms with Gasteiger partial charge in [-0.15, -0.1) is 0 Å². The third-order valence-corrected chi connectivity index (χ3v) is 14.9. The van der Waals surface area contributed by atoms with Crippen LogP contribution in [0.5, 0.6) is 0 Å². The number of carbonyl (C=O) groups is 9. The highest BCUT2D eigenvalue weighted by atomic mass is 16.6. The normalized spacial score (nSPS) is 17.1. The van der Waals surface area contributed by atoms with Crippen LogP contribution < -0.4 is 37.6 Å². The molecule has 502 valence electrons. The standard InChI is InChI=1S/C58H94N10O12.2C3H8.C2H6/c1-14-37(4)51(46(78-12)33-48(71)68-30-19-23-45(68)52(79-13)38(5)53(73)65-44(39(6)69)32-41-20-16-15-17-21-41)67(11)49(72)35-61-55(75)50(36(2)3)66(10)31-28-40-24-26-42(27-25-40)63-54(74)43(22-18-29-60-56(59)76)64-47(70)34-62-57(77)80-58(7,8)9;2*1-3-2;1-2/h15-17,20-21,24,26-27,36-38,40,43-46,50-52H,14,18-19,22-23,25,28-35H2,1-13H3,(H,61,75)(H,62,77)(H,63,74)(H,64,70)(H,65,73)(H3,59,60,76);2*3H2,1-2H3;1-2H3/t37-,38+,40?,43-,44-,45-,46+,50?,51?,52+;;;/m0.../s1. The summed E-state index contributed by atoms with van der Waals surface area (Å²) in [7, 11) is 6.58. The highest BCUT2D eigenvalue weighted by Gasteiger charge is 2.43. The summed E-state index contributed by atoms with van der Waals surface area (Å²) in [4.78, 5) is 123. The van der Waals surface area contributed by atoms with Crippen molar-refractivity contribution in [2.24, 2.45) is 29.4 Å². The molecule has 0 spiro atoms. The van der Waals surface area contributed by atoms with E-state index in [1.807, 2.05) is 96.0 Å². The van der Waals surface area contributed by atoms with Crippen LogP contribution in [0.4, 0.5) is 9.59 Å². The molecule has 3 rings (SSSR count). The molecule has 0 aromatic heterocycles. The number of alkyl carbamates (subject to hydrolysis) is 1. The zero-order valence-electron chi connectivity index (χ0n) is 57.1. The number of likely N-dealkylation sites (tertiary alicyclic amines) is 1. The number of ether oxygens (including phenoxy) is 3. The molecule has 0 bridgehead atoms. The Kier molecular flexibility index (Phi) is 40.9. The fourth-order valence-electron chi connectivity index (χ4n) is 10.4. The minimum atomic E-state index is -0.989. The molecule has 1 aromatic carbocycles. The topological polar surface area (TPSA) is 289 Å². The van der Waals surface area contributed by atoms with Gasteiger partial charge in [-0.2, -0.15) is 0 Å². The Labute approximate surface area is 528 Å². The molecule has 0 radical (unpaired) electrons. The van der Waals surface area contributed by atoms with E-state index in [0.717, 1.165) is 5.56 Å². The number of Topliss-reactive ketones (excluding diaryl/α,β-unsaturated/α-hetero) is 1. The number of hydrogen-bond donors (Lipinski definition) is 7. The second-order valence-corrected chi connectivity index (χ2v) is 24.0. The van der Waals surface area contributed by atoms with Crippen LogP contribution >= 0.6 is 0 Å². The number of likely N-dealkylation sites (N-methyl/N-ethyl adjacent to an activating group) is 2. The maximum absolute atomic E-state index is 14.3. The fraction of sp³-hybridized carbons (Fsp3) is 0.712. The Hall–Kier alpha value is -6.39. The minimum absolute atomic E-state index is 0.0361. The van der Waals surface area contributed by atoms with Crippen LogP contribution in [0, 0.1) is 23.7 Å². The quantitative estimate of drug-likeness (QED) is 0.0343. The molecule has 3 unspecified atom stereocenters. The lowest BCUT2D eigenvalue weighted by molar-refractivity contribution is -0.146. The summed E-state index contributed by atoms with van der Waals surface area (Å²) in [5.74, 6) is -3.24. The number of hydrogen-bond acceptors (Lipinski definition) is 13. The number of carbonyl (C=O) groups excluding carboxylic acids is 9. The molecule has 10 atom stereocenters. The van der Waals surface area contributed by atoms with Crippen LogP contribution in [0.2, 0.25) is 0 Å². The smallest absolute Gasteiger partial charge is 0.408 e. The summed E-state index contributed by atoms with van der Waals surface area (Å²) in [5.41, 5.74) is 5.87. The van der Waals surface area contributed by atoms with Gasteiger partial charge in [0.15, 0.2) is 5.78 Å². The van der Waals surface area contributed by atoms with Crippen LogP contribution in [0.1, 0.15) is 174 Å². The SMILES string of the molecule is CC.CCC.CCC.CC[C@H](C)C([C@@H](CC(=O)N1CCC[C@H]1[C@H](OC)[C@@H](C)C(=O)N[C@@H](Cc1ccccc1)C(C)=O)OC)N(C)C(=O)CNC(=O)C(C(C)C)N(C)CCC1C=CC(NC(=O)[C@H](CCCNC(N)=O)NC(=O)CNC(=O)OC(C)(C)C)=CC1. The van der Waals surface area contributed by atoms with Gasteiger partial charge >= 0.3 is 12.1 Å². The predicted octanol–water partition coefficient (Wildman–Crippen LogP) is 7.58. The molecule has 9 amide bonds. The number of nitrogens with one attached hydrogen (secondary N) is 6. The van der Waals surface area contributed by atoms with Gasteiger partial charge in [0.1, 0.15) is 18.2 Å². The Balaban J connectivity index is 0.00000897. The molecule has 88 heavy (non-hydrogen) atoms. The zero-order valence-corrected chi connectivity index (χ0v) is 57.1. The number of rotatable bonds is 32. The number of benzene rings is 1. The van der Waals surface area contributed by atoms with Crippen molar-refractivity contribution < 1.29 is 57.4 Å².